The molecule has 1 rings (SSSR count). The molecule has 0 aromatic carbocycles. The van der Waals surface area contributed by atoms with Crippen LogP contribution in [-0.2, 0) is 0 Å². The van der Waals surface area contributed by atoms with Crippen LogP contribution < -0.4 is 5.32 Å². The summed E-state index contributed by atoms with van der Waals surface area (Å²) in [5.74, 6) is 1.79. The van der Waals surface area contributed by atoms with Crippen molar-refractivity contribution in [3.8, 4) is 0 Å². The average molecular weight is 219 g/mol. The highest BCUT2D eigenvalue weighted by Crippen LogP contribution is 2.27. The van der Waals surface area contributed by atoms with Crippen LogP contribution in [0.5, 0.6) is 0 Å². The minimum Gasteiger partial charge on any atom is -0.388 e. The first kappa shape index (κ1) is 13.1. The number of allylic oxidation sites excluding steroid dienone is 5. The second-order valence-corrected chi connectivity index (χ2v) is 4.99. The molecule has 2 atom stereocenters. The molecule has 0 heterocycles. The standard InChI is InChI=1S/C15H25N/c1-4-5-6-9-14(3)16-12-15-10-7-8-13(2)11-15/h4-6,9,13,15-16H,1,7-8,10-12H2,2-3H3/b6-5-,14-9+. The molecule has 0 bridgehead atoms. The third-order valence-corrected chi connectivity index (χ3v) is 3.31. The van der Waals surface area contributed by atoms with Crippen molar-refractivity contribution >= 4 is 0 Å². The van der Waals surface area contributed by atoms with Crippen molar-refractivity contribution in [1.29, 1.82) is 0 Å². The Kier molecular flexibility index (Phi) is 5.99. The minimum absolute atomic E-state index is 0.871. The van der Waals surface area contributed by atoms with E-state index in [1.165, 1.54) is 31.4 Å². The zero-order chi connectivity index (χ0) is 11.8. The maximum atomic E-state index is 3.65. The van der Waals surface area contributed by atoms with E-state index in [1.807, 2.05) is 12.2 Å². The van der Waals surface area contributed by atoms with E-state index >= 15 is 0 Å². The first-order valence-corrected chi connectivity index (χ1v) is 6.42. The van der Waals surface area contributed by atoms with Gasteiger partial charge in [-0.05, 0) is 37.7 Å². The molecule has 1 aliphatic rings. The topological polar surface area (TPSA) is 12.0 Å². The van der Waals surface area contributed by atoms with E-state index in [9.17, 15) is 0 Å². The van der Waals surface area contributed by atoms with Gasteiger partial charge in [0.25, 0.3) is 0 Å². The van der Waals surface area contributed by atoms with Crippen LogP contribution >= 0.6 is 0 Å². The SMILES string of the molecule is C=C/C=C\C=C(/C)NCC1CCCC(C)C1. The fourth-order valence-corrected chi connectivity index (χ4v) is 2.39. The third-order valence-electron chi connectivity index (χ3n) is 3.31. The van der Waals surface area contributed by atoms with Gasteiger partial charge in [-0.1, -0.05) is 44.6 Å². The molecule has 1 heteroatoms. The van der Waals surface area contributed by atoms with E-state index in [4.69, 9.17) is 0 Å². The summed E-state index contributed by atoms with van der Waals surface area (Å²) in [5, 5.41) is 3.51. The predicted octanol–water partition coefficient (Wildman–Crippen LogP) is 4.05. The van der Waals surface area contributed by atoms with Gasteiger partial charge in [0.1, 0.15) is 0 Å². The Bertz CT molecular complexity index is 263. The molecule has 0 radical (unpaired) electrons. The van der Waals surface area contributed by atoms with Crippen molar-refractivity contribution in [3.63, 3.8) is 0 Å². The Hall–Kier alpha value is -0.980. The fraction of sp³-hybridized carbons (Fsp3) is 0.600. The zero-order valence-electron chi connectivity index (χ0n) is 10.7. The van der Waals surface area contributed by atoms with Gasteiger partial charge in [0.05, 0.1) is 0 Å². The van der Waals surface area contributed by atoms with E-state index in [1.54, 1.807) is 6.08 Å². The van der Waals surface area contributed by atoms with Crippen LogP contribution in [0.2, 0.25) is 0 Å². The van der Waals surface area contributed by atoms with Crippen LogP contribution in [0.4, 0.5) is 0 Å². The van der Waals surface area contributed by atoms with Crippen molar-refractivity contribution in [2.45, 2.75) is 39.5 Å². The lowest BCUT2D eigenvalue weighted by Crippen LogP contribution is -2.25. The van der Waals surface area contributed by atoms with E-state index < -0.39 is 0 Å². The van der Waals surface area contributed by atoms with Crippen molar-refractivity contribution in [2.75, 3.05) is 6.54 Å². The highest BCUT2D eigenvalue weighted by molar-refractivity contribution is 5.13. The first-order valence-electron chi connectivity index (χ1n) is 6.42. The van der Waals surface area contributed by atoms with E-state index in [2.05, 4.69) is 31.8 Å². The molecule has 0 aliphatic heterocycles. The summed E-state index contributed by atoms with van der Waals surface area (Å²) in [6.07, 6.45) is 13.5. The molecule has 0 saturated heterocycles. The van der Waals surface area contributed by atoms with Gasteiger partial charge in [0.2, 0.25) is 0 Å². The number of rotatable bonds is 5. The van der Waals surface area contributed by atoms with Crippen LogP contribution in [0.15, 0.2) is 36.6 Å². The molecule has 0 aromatic rings. The maximum Gasteiger partial charge on any atom is 0.0172 e. The summed E-state index contributed by atoms with van der Waals surface area (Å²) < 4.78 is 0. The van der Waals surface area contributed by atoms with Gasteiger partial charge in [-0.15, -0.1) is 0 Å². The van der Waals surface area contributed by atoms with Crippen molar-refractivity contribution < 1.29 is 0 Å². The molecule has 0 spiro atoms. The molecule has 1 nitrogen and oxygen atoms in total. The fourth-order valence-electron chi connectivity index (χ4n) is 2.39. The second kappa shape index (κ2) is 7.32. The summed E-state index contributed by atoms with van der Waals surface area (Å²) in [4.78, 5) is 0. The molecule has 1 N–H and O–H groups in total. The summed E-state index contributed by atoms with van der Waals surface area (Å²) in [6, 6.07) is 0. The van der Waals surface area contributed by atoms with E-state index in [0.717, 1.165) is 18.4 Å². The lowest BCUT2D eigenvalue weighted by atomic mass is 9.82. The highest BCUT2D eigenvalue weighted by Gasteiger charge is 2.18. The van der Waals surface area contributed by atoms with Gasteiger partial charge >= 0.3 is 0 Å². The molecule has 90 valence electrons. The summed E-state index contributed by atoms with van der Waals surface area (Å²) >= 11 is 0. The Morgan fingerprint density at radius 1 is 1.38 bits per heavy atom. The van der Waals surface area contributed by atoms with Gasteiger partial charge in [-0.3, -0.25) is 0 Å². The average Bonchev–Trinajstić information content (AvgIpc) is 2.27. The molecule has 1 aliphatic carbocycles. The van der Waals surface area contributed by atoms with Crippen LogP contribution in [0.1, 0.15) is 39.5 Å². The Morgan fingerprint density at radius 2 is 2.19 bits per heavy atom. The minimum atomic E-state index is 0.871. The molecule has 2 unspecified atom stereocenters. The van der Waals surface area contributed by atoms with Gasteiger partial charge < -0.3 is 5.32 Å². The first-order chi connectivity index (χ1) is 7.72. The molecule has 16 heavy (non-hydrogen) atoms. The molecule has 1 saturated carbocycles. The Balaban J connectivity index is 2.25. The lowest BCUT2D eigenvalue weighted by molar-refractivity contribution is 0.279. The summed E-state index contributed by atoms with van der Waals surface area (Å²) in [5.41, 5.74) is 1.25. The van der Waals surface area contributed by atoms with Gasteiger partial charge in [-0.2, -0.15) is 0 Å². The van der Waals surface area contributed by atoms with Crippen LogP contribution in [0, 0.1) is 11.8 Å². The highest BCUT2D eigenvalue weighted by atomic mass is 14.9. The quantitative estimate of drug-likeness (QED) is 0.688. The van der Waals surface area contributed by atoms with Crippen LogP contribution in [0.25, 0.3) is 0 Å². The third kappa shape index (κ3) is 5.20. The summed E-state index contributed by atoms with van der Waals surface area (Å²) in [6.45, 7) is 9.28. The lowest BCUT2D eigenvalue weighted by Gasteiger charge is -2.27. The van der Waals surface area contributed by atoms with Crippen molar-refractivity contribution in [3.05, 3.63) is 36.6 Å². The van der Waals surface area contributed by atoms with E-state index in [-0.39, 0.29) is 0 Å². The van der Waals surface area contributed by atoms with Crippen molar-refractivity contribution in [2.24, 2.45) is 11.8 Å². The summed E-state index contributed by atoms with van der Waals surface area (Å²) in [7, 11) is 0. The monoisotopic (exact) mass is 219 g/mol. The number of hydrogen-bond donors (Lipinski definition) is 1. The predicted molar refractivity (Wildman–Crippen MR) is 72.2 cm³/mol. The smallest absolute Gasteiger partial charge is 0.0172 e. The normalized spacial score (nSPS) is 27.0. The molecular weight excluding hydrogens is 194 g/mol. The largest absolute Gasteiger partial charge is 0.388 e. The zero-order valence-corrected chi connectivity index (χ0v) is 10.7. The van der Waals surface area contributed by atoms with Gasteiger partial charge in [0.15, 0.2) is 0 Å². The van der Waals surface area contributed by atoms with Gasteiger partial charge in [-0.25, -0.2) is 0 Å². The van der Waals surface area contributed by atoms with Gasteiger partial charge in [0, 0.05) is 12.2 Å². The Labute approximate surface area is 100 Å². The van der Waals surface area contributed by atoms with Crippen LogP contribution in [-0.4, -0.2) is 6.54 Å². The number of hydrogen-bond acceptors (Lipinski definition) is 1. The molecule has 1 fully saturated rings. The molecule has 0 amide bonds. The molecular formula is C15H25N. The van der Waals surface area contributed by atoms with Crippen LogP contribution in [0.3, 0.4) is 0 Å². The second-order valence-electron chi connectivity index (χ2n) is 4.99. The number of nitrogens with one attached hydrogen (secondary N) is 1. The van der Waals surface area contributed by atoms with Crippen molar-refractivity contribution in [1.82, 2.24) is 5.32 Å². The van der Waals surface area contributed by atoms with E-state index in [0.29, 0.717) is 0 Å². The molecule has 0 aromatic heterocycles. The Morgan fingerprint density at radius 3 is 2.88 bits per heavy atom. The maximum absolute atomic E-state index is 3.65.